The van der Waals surface area contributed by atoms with Crippen LogP contribution in [0.15, 0.2) is 54.7 Å². The number of amides is 1. The molecule has 98 valence electrons. The molecular weight excluding hydrogens is 250 g/mol. The smallest absolute Gasteiger partial charge is 0.258 e. The predicted molar refractivity (Wildman–Crippen MR) is 78.7 cm³/mol. The Morgan fingerprint density at radius 3 is 2.70 bits per heavy atom. The summed E-state index contributed by atoms with van der Waals surface area (Å²) in [7, 11) is 0. The lowest BCUT2D eigenvalue weighted by Crippen LogP contribution is -2.14. The fourth-order valence-electron chi connectivity index (χ4n) is 2.06. The molecule has 0 bridgehead atoms. The predicted octanol–water partition coefficient (Wildman–Crippen LogP) is 3.19. The quantitative estimate of drug-likeness (QED) is 0.772. The van der Waals surface area contributed by atoms with Crippen LogP contribution in [0.25, 0.3) is 10.9 Å². The summed E-state index contributed by atoms with van der Waals surface area (Å²) >= 11 is 0. The average Bonchev–Trinajstić information content (AvgIpc) is 2.47. The highest BCUT2D eigenvalue weighted by Gasteiger charge is 2.12. The van der Waals surface area contributed by atoms with Crippen molar-refractivity contribution in [1.29, 1.82) is 0 Å². The maximum Gasteiger partial charge on any atom is 0.258 e. The van der Waals surface area contributed by atoms with Crippen LogP contribution in [-0.4, -0.2) is 15.9 Å². The number of rotatable bonds is 2. The van der Waals surface area contributed by atoms with Gasteiger partial charge in [0.1, 0.15) is 5.82 Å². The summed E-state index contributed by atoms with van der Waals surface area (Å²) in [5, 5.41) is 3.72. The first-order chi connectivity index (χ1) is 9.74. The molecule has 0 fully saturated rings. The fourth-order valence-corrected chi connectivity index (χ4v) is 2.06. The van der Waals surface area contributed by atoms with Crippen molar-refractivity contribution >= 4 is 22.6 Å². The number of nitrogens with one attached hydrogen (secondary N) is 1. The molecule has 0 saturated heterocycles. The number of aryl methyl sites for hydroxylation is 1. The number of anilines is 1. The number of carbonyl (C=O) groups excluding carboxylic acids is 1. The first-order valence-electron chi connectivity index (χ1n) is 6.33. The number of aromatic nitrogens is 2. The Labute approximate surface area is 116 Å². The maximum atomic E-state index is 12.3. The van der Waals surface area contributed by atoms with E-state index < -0.39 is 0 Å². The van der Waals surface area contributed by atoms with Crippen molar-refractivity contribution in [3.05, 3.63) is 66.0 Å². The number of nitrogens with zero attached hydrogens (tertiary/aromatic N) is 2. The van der Waals surface area contributed by atoms with E-state index >= 15 is 0 Å². The highest BCUT2D eigenvalue weighted by Crippen LogP contribution is 2.17. The summed E-state index contributed by atoms with van der Waals surface area (Å²) in [5.41, 5.74) is 2.16. The van der Waals surface area contributed by atoms with Gasteiger partial charge in [0.2, 0.25) is 0 Å². The van der Waals surface area contributed by atoms with Gasteiger partial charge in [0.05, 0.1) is 16.8 Å². The van der Waals surface area contributed by atoms with Crippen molar-refractivity contribution < 1.29 is 4.79 Å². The van der Waals surface area contributed by atoms with E-state index in [9.17, 15) is 4.79 Å². The minimum absolute atomic E-state index is 0.195. The molecule has 3 rings (SSSR count). The Morgan fingerprint density at radius 1 is 1.10 bits per heavy atom. The monoisotopic (exact) mass is 263 g/mol. The van der Waals surface area contributed by atoms with Crippen LogP contribution >= 0.6 is 0 Å². The molecule has 0 aliphatic carbocycles. The van der Waals surface area contributed by atoms with Gasteiger partial charge in [-0.3, -0.25) is 9.78 Å². The molecule has 0 spiro atoms. The number of hydrogen-bond donors (Lipinski definition) is 1. The second-order valence-corrected chi connectivity index (χ2v) is 4.48. The van der Waals surface area contributed by atoms with Crippen LogP contribution in [-0.2, 0) is 0 Å². The van der Waals surface area contributed by atoms with Crippen LogP contribution in [0.1, 0.15) is 16.1 Å². The lowest BCUT2D eigenvalue weighted by Gasteiger charge is -2.08. The zero-order valence-electron chi connectivity index (χ0n) is 11.0. The Hall–Kier alpha value is -2.75. The molecule has 0 unspecified atom stereocenters. The Balaban J connectivity index is 1.97. The SMILES string of the molecule is Cc1nc2ccccc2cc1C(=O)Nc1ccccn1. The van der Waals surface area contributed by atoms with E-state index in [1.165, 1.54) is 0 Å². The summed E-state index contributed by atoms with van der Waals surface area (Å²) in [6, 6.07) is 15.0. The minimum Gasteiger partial charge on any atom is -0.307 e. The molecule has 20 heavy (non-hydrogen) atoms. The molecular formula is C16H13N3O. The molecule has 1 N–H and O–H groups in total. The highest BCUT2D eigenvalue weighted by molar-refractivity contribution is 6.06. The zero-order chi connectivity index (χ0) is 13.9. The van der Waals surface area contributed by atoms with E-state index in [0.717, 1.165) is 10.9 Å². The van der Waals surface area contributed by atoms with Crippen LogP contribution in [0.5, 0.6) is 0 Å². The van der Waals surface area contributed by atoms with Crippen molar-refractivity contribution in [2.75, 3.05) is 5.32 Å². The summed E-state index contributed by atoms with van der Waals surface area (Å²) in [6.45, 7) is 1.83. The number of carbonyl (C=O) groups is 1. The summed E-state index contributed by atoms with van der Waals surface area (Å²) < 4.78 is 0. The molecule has 0 aliphatic rings. The van der Waals surface area contributed by atoms with Crippen LogP contribution in [0, 0.1) is 6.92 Å². The first-order valence-corrected chi connectivity index (χ1v) is 6.33. The van der Waals surface area contributed by atoms with Crippen LogP contribution in [0.3, 0.4) is 0 Å². The fraction of sp³-hybridized carbons (Fsp3) is 0.0625. The third-order valence-electron chi connectivity index (χ3n) is 3.07. The molecule has 4 nitrogen and oxygen atoms in total. The zero-order valence-corrected chi connectivity index (χ0v) is 11.0. The van der Waals surface area contributed by atoms with Crippen LogP contribution < -0.4 is 5.32 Å². The standard InChI is InChI=1S/C16H13N3O/c1-11-13(10-12-6-2-3-7-14(12)18-11)16(20)19-15-8-4-5-9-17-15/h2-10H,1H3,(H,17,19,20). The van der Waals surface area contributed by atoms with Gasteiger partial charge in [-0.05, 0) is 31.2 Å². The van der Waals surface area contributed by atoms with E-state index in [1.807, 2.05) is 43.3 Å². The van der Waals surface area contributed by atoms with Gasteiger partial charge in [-0.25, -0.2) is 4.98 Å². The van der Waals surface area contributed by atoms with Gasteiger partial charge in [0.25, 0.3) is 5.91 Å². The van der Waals surface area contributed by atoms with Gasteiger partial charge in [-0.2, -0.15) is 0 Å². The second-order valence-electron chi connectivity index (χ2n) is 4.48. The van der Waals surface area contributed by atoms with Crippen LogP contribution in [0.4, 0.5) is 5.82 Å². The van der Waals surface area contributed by atoms with Gasteiger partial charge in [0, 0.05) is 11.6 Å². The largest absolute Gasteiger partial charge is 0.307 e. The number of fused-ring (bicyclic) bond motifs is 1. The van der Waals surface area contributed by atoms with Gasteiger partial charge >= 0.3 is 0 Å². The Bertz CT molecular complexity index is 769. The van der Waals surface area contributed by atoms with Crippen LogP contribution in [0.2, 0.25) is 0 Å². The molecule has 0 aliphatic heterocycles. The summed E-state index contributed by atoms with van der Waals surface area (Å²) in [4.78, 5) is 20.8. The van der Waals surface area contributed by atoms with Crippen molar-refractivity contribution in [3.8, 4) is 0 Å². The first kappa shape index (κ1) is 12.3. The Kier molecular flexibility index (Phi) is 3.13. The molecule has 2 aromatic heterocycles. The van der Waals surface area contributed by atoms with E-state index in [0.29, 0.717) is 17.1 Å². The molecule has 3 aromatic rings. The second kappa shape index (κ2) is 5.09. The molecule has 1 amide bonds. The third kappa shape index (κ3) is 2.36. The van der Waals surface area contributed by atoms with Crippen molar-refractivity contribution in [2.45, 2.75) is 6.92 Å². The molecule has 0 saturated carbocycles. The average molecular weight is 263 g/mol. The van der Waals surface area contributed by atoms with Gasteiger partial charge in [-0.1, -0.05) is 24.3 Å². The minimum atomic E-state index is -0.195. The van der Waals surface area contributed by atoms with Crippen molar-refractivity contribution in [1.82, 2.24) is 9.97 Å². The maximum absolute atomic E-state index is 12.3. The Morgan fingerprint density at radius 2 is 1.90 bits per heavy atom. The number of para-hydroxylation sites is 1. The molecule has 4 heteroatoms. The number of pyridine rings is 2. The molecule has 1 aromatic carbocycles. The van der Waals surface area contributed by atoms with E-state index in [2.05, 4.69) is 15.3 Å². The normalized spacial score (nSPS) is 10.4. The van der Waals surface area contributed by atoms with E-state index in [-0.39, 0.29) is 5.91 Å². The van der Waals surface area contributed by atoms with Crippen molar-refractivity contribution in [3.63, 3.8) is 0 Å². The summed E-state index contributed by atoms with van der Waals surface area (Å²) in [6.07, 6.45) is 1.64. The molecule has 2 heterocycles. The van der Waals surface area contributed by atoms with E-state index in [4.69, 9.17) is 0 Å². The topological polar surface area (TPSA) is 54.9 Å². The molecule has 0 atom stereocenters. The van der Waals surface area contributed by atoms with Gasteiger partial charge < -0.3 is 5.32 Å². The summed E-state index contributed by atoms with van der Waals surface area (Å²) in [5.74, 6) is 0.338. The van der Waals surface area contributed by atoms with Gasteiger partial charge in [0.15, 0.2) is 0 Å². The lowest BCUT2D eigenvalue weighted by molar-refractivity contribution is 0.102. The number of benzene rings is 1. The van der Waals surface area contributed by atoms with Gasteiger partial charge in [-0.15, -0.1) is 0 Å². The highest BCUT2D eigenvalue weighted by atomic mass is 16.1. The lowest BCUT2D eigenvalue weighted by atomic mass is 10.1. The molecule has 0 radical (unpaired) electrons. The van der Waals surface area contributed by atoms with Crippen molar-refractivity contribution in [2.24, 2.45) is 0 Å². The van der Waals surface area contributed by atoms with E-state index in [1.54, 1.807) is 18.3 Å². The third-order valence-corrected chi connectivity index (χ3v) is 3.07. The number of hydrogen-bond acceptors (Lipinski definition) is 3.